The summed E-state index contributed by atoms with van der Waals surface area (Å²) in [4.78, 5) is 9.29. The highest BCUT2D eigenvalue weighted by molar-refractivity contribution is 6.02. The van der Waals surface area contributed by atoms with E-state index < -0.39 is 0 Å². The average Bonchev–Trinajstić information content (AvgIpc) is 2.69. The van der Waals surface area contributed by atoms with Gasteiger partial charge in [0, 0.05) is 24.9 Å². The molecule has 0 aromatic carbocycles. The molecule has 0 saturated carbocycles. The summed E-state index contributed by atoms with van der Waals surface area (Å²) < 4.78 is 0.966. The lowest BCUT2D eigenvalue weighted by molar-refractivity contribution is -0.839. The topological polar surface area (TPSA) is 36.8 Å². The van der Waals surface area contributed by atoms with Crippen LogP contribution >= 0.6 is 0 Å². The molecule has 0 bridgehead atoms. The second kappa shape index (κ2) is 5.57. The molecule has 1 saturated heterocycles. The first-order chi connectivity index (χ1) is 10.4. The van der Waals surface area contributed by atoms with E-state index in [1.54, 1.807) is 6.34 Å². The van der Waals surface area contributed by atoms with Crippen molar-refractivity contribution < 1.29 is 4.48 Å². The van der Waals surface area contributed by atoms with Crippen molar-refractivity contribution in [2.75, 3.05) is 13.6 Å². The van der Waals surface area contributed by atoms with Crippen molar-refractivity contribution in [2.24, 2.45) is 9.98 Å². The molecule has 0 aromatic heterocycles. The van der Waals surface area contributed by atoms with E-state index in [0.717, 1.165) is 11.0 Å². The number of fused-ring (bicyclic) bond motifs is 1. The molecular formula is C18H31N4+. The largest absolute Gasteiger partial charge is 0.311 e. The number of aliphatic imine (C=N–C) groups is 2. The third-order valence-electron chi connectivity index (χ3n) is 5.91. The Labute approximate surface area is 135 Å². The quantitative estimate of drug-likeness (QED) is 0.783. The lowest BCUT2D eigenvalue weighted by Crippen LogP contribution is -2.56. The lowest BCUT2D eigenvalue weighted by Gasteiger charge is -2.40. The van der Waals surface area contributed by atoms with E-state index in [1.807, 2.05) is 0 Å². The fourth-order valence-corrected chi connectivity index (χ4v) is 4.39. The molecule has 0 aromatic rings. The highest BCUT2D eigenvalue weighted by Crippen LogP contribution is 2.37. The number of quaternary nitrogens is 1. The van der Waals surface area contributed by atoms with Crippen molar-refractivity contribution >= 4 is 12.2 Å². The van der Waals surface area contributed by atoms with Crippen molar-refractivity contribution in [1.82, 2.24) is 5.32 Å². The second-order valence-corrected chi connectivity index (χ2v) is 7.96. The van der Waals surface area contributed by atoms with Crippen molar-refractivity contribution in [3.63, 3.8) is 0 Å². The Morgan fingerprint density at radius 3 is 2.86 bits per heavy atom. The monoisotopic (exact) mass is 303 g/mol. The number of nitrogens with zero attached hydrogens (tertiary/aromatic N) is 3. The molecule has 4 unspecified atom stereocenters. The highest BCUT2D eigenvalue weighted by Gasteiger charge is 2.49. The minimum Gasteiger partial charge on any atom is -0.311 e. The Kier molecular flexibility index (Phi) is 4.02. The highest BCUT2D eigenvalue weighted by atomic mass is 15.4. The molecule has 0 amide bonds. The maximum atomic E-state index is 4.72. The molecule has 0 spiro atoms. The molecule has 1 fully saturated rings. The third-order valence-corrected chi connectivity index (χ3v) is 5.91. The van der Waals surface area contributed by atoms with Gasteiger partial charge in [-0.25, -0.2) is 0 Å². The molecule has 4 heteroatoms. The van der Waals surface area contributed by atoms with Gasteiger partial charge in [-0.3, -0.25) is 9.48 Å². The van der Waals surface area contributed by atoms with E-state index in [-0.39, 0.29) is 5.54 Å². The average molecular weight is 303 g/mol. The molecule has 1 N–H and O–H groups in total. The molecule has 0 radical (unpaired) electrons. The van der Waals surface area contributed by atoms with Crippen LogP contribution in [0.3, 0.4) is 0 Å². The van der Waals surface area contributed by atoms with Gasteiger partial charge in [0.1, 0.15) is 12.9 Å². The maximum Gasteiger partial charge on any atom is 0.234 e. The van der Waals surface area contributed by atoms with Gasteiger partial charge < -0.3 is 5.32 Å². The molecule has 3 aliphatic heterocycles. The fourth-order valence-electron chi connectivity index (χ4n) is 4.39. The minimum atomic E-state index is -0.117. The maximum absolute atomic E-state index is 4.72. The van der Waals surface area contributed by atoms with Gasteiger partial charge in [-0.2, -0.15) is 4.99 Å². The summed E-state index contributed by atoms with van der Waals surface area (Å²) in [7, 11) is 2.38. The van der Waals surface area contributed by atoms with Crippen molar-refractivity contribution in [3.05, 3.63) is 11.6 Å². The van der Waals surface area contributed by atoms with Gasteiger partial charge in [0.25, 0.3) is 0 Å². The van der Waals surface area contributed by atoms with Crippen LogP contribution in [0.2, 0.25) is 0 Å². The summed E-state index contributed by atoms with van der Waals surface area (Å²) in [5.41, 5.74) is 1.22. The Morgan fingerprint density at radius 1 is 1.36 bits per heavy atom. The smallest absolute Gasteiger partial charge is 0.234 e. The van der Waals surface area contributed by atoms with E-state index in [4.69, 9.17) is 4.99 Å². The zero-order valence-corrected chi connectivity index (χ0v) is 14.8. The van der Waals surface area contributed by atoms with E-state index in [2.05, 4.69) is 51.1 Å². The number of hydrogen-bond acceptors (Lipinski definition) is 3. The van der Waals surface area contributed by atoms with Gasteiger partial charge in [-0.15, -0.1) is 0 Å². The molecule has 4 nitrogen and oxygen atoms in total. The zero-order valence-electron chi connectivity index (χ0n) is 14.8. The first kappa shape index (κ1) is 15.9. The summed E-state index contributed by atoms with van der Waals surface area (Å²) in [5.74, 6) is 1.26. The van der Waals surface area contributed by atoms with Crippen LogP contribution in [0.15, 0.2) is 21.6 Å². The Hall–Kier alpha value is -1.00. The van der Waals surface area contributed by atoms with E-state index >= 15 is 0 Å². The van der Waals surface area contributed by atoms with Gasteiger partial charge in [-0.1, -0.05) is 6.92 Å². The minimum absolute atomic E-state index is 0.117. The van der Waals surface area contributed by atoms with E-state index in [0.29, 0.717) is 18.1 Å². The van der Waals surface area contributed by atoms with E-state index in [9.17, 15) is 0 Å². The molecule has 3 rings (SSSR count). The normalized spacial score (nSPS) is 40.7. The molecule has 3 heterocycles. The van der Waals surface area contributed by atoms with Gasteiger partial charge >= 0.3 is 0 Å². The summed E-state index contributed by atoms with van der Waals surface area (Å²) in [5, 5.41) is 3.79. The Morgan fingerprint density at radius 2 is 2.14 bits per heavy atom. The number of nitrogens with one attached hydrogen (secondary N) is 1. The van der Waals surface area contributed by atoms with Crippen LogP contribution in [0.4, 0.5) is 0 Å². The van der Waals surface area contributed by atoms with Crippen molar-refractivity contribution in [1.29, 1.82) is 0 Å². The predicted octanol–water partition coefficient (Wildman–Crippen LogP) is 2.90. The summed E-state index contributed by atoms with van der Waals surface area (Å²) in [6, 6.07) is 1.91. The van der Waals surface area contributed by atoms with Gasteiger partial charge in [0.2, 0.25) is 5.84 Å². The number of likely N-dealkylation sites (N-methyl/N-ethyl adjacent to an activating group) is 1. The van der Waals surface area contributed by atoms with Crippen LogP contribution in [-0.2, 0) is 0 Å². The second-order valence-electron chi connectivity index (χ2n) is 7.96. The molecule has 3 aliphatic rings. The first-order valence-electron chi connectivity index (χ1n) is 8.81. The molecule has 122 valence electrons. The van der Waals surface area contributed by atoms with Crippen molar-refractivity contribution in [2.45, 2.75) is 77.0 Å². The zero-order chi connectivity index (χ0) is 16.0. The SMILES string of the molecule is CCC1CCC([N+]2(C)CC=C3C2=NC=NC3(C)C)CC(C)N1. The molecule has 22 heavy (non-hydrogen) atoms. The van der Waals surface area contributed by atoms with Crippen LogP contribution in [0.25, 0.3) is 0 Å². The van der Waals surface area contributed by atoms with Gasteiger partial charge in [-0.05, 0) is 39.7 Å². The first-order valence-corrected chi connectivity index (χ1v) is 8.81. The third kappa shape index (κ3) is 2.56. The van der Waals surface area contributed by atoms with Gasteiger partial charge in [0.15, 0.2) is 0 Å². The summed E-state index contributed by atoms with van der Waals surface area (Å²) in [6.07, 6.45) is 9.18. The van der Waals surface area contributed by atoms with Crippen LogP contribution in [-0.4, -0.2) is 53.9 Å². The van der Waals surface area contributed by atoms with Crippen molar-refractivity contribution in [3.8, 4) is 0 Å². The lowest BCUT2D eigenvalue weighted by atomic mass is 9.92. The Bertz CT molecular complexity index is 531. The number of amidine groups is 1. The van der Waals surface area contributed by atoms with Gasteiger partial charge in [0.05, 0.1) is 24.2 Å². The standard InChI is InChI=1S/C18H31N4/c1-6-14-7-8-15(11-13(2)21-14)22(5)10-9-16-17(22)19-12-20-18(16,3)4/h9,12-15,21H,6-8,10-11H2,1-5H3/q+1. The number of hydrogen-bond donors (Lipinski definition) is 1. The van der Waals surface area contributed by atoms with Crippen LogP contribution in [0.1, 0.15) is 53.4 Å². The Balaban J connectivity index is 1.86. The number of rotatable bonds is 2. The van der Waals surface area contributed by atoms with Crippen LogP contribution < -0.4 is 5.32 Å². The molecule has 0 aliphatic carbocycles. The molecule has 4 atom stereocenters. The molecular weight excluding hydrogens is 272 g/mol. The summed E-state index contributed by atoms with van der Waals surface area (Å²) in [6.45, 7) is 10.1. The fraction of sp³-hybridized carbons (Fsp3) is 0.778. The van der Waals surface area contributed by atoms with E-state index in [1.165, 1.54) is 37.1 Å². The van der Waals surface area contributed by atoms with Crippen LogP contribution in [0, 0.1) is 0 Å². The van der Waals surface area contributed by atoms with Crippen LogP contribution in [0.5, 0.6) is 0 Å². The summed E-state index contributed by atoms with van der Waals surface area (Å²) >= 11 is 0. The predicted molar refractivity (Wildman–Crippen MR) is 93.5 cm³/mol.